The number of hydrogen-bond acceptors (Lipinski definition) is 2. The Morgan fingerprint density at radius 3 is 2.67 bits per heavy atom. The number of fused-ring (bicyclic) bond motifs is 1. The minimum absolute atomic E-state index is 0.0862. The van der Waals surface area contributed by atoms with Crippen molar-refractivity contribution in [2.24, 2.45) is 11.3 Å². The maximum Gasteiger partial charge on any atom is 0.169 e. The summed E-state index contributed by atoms with van der Waals surface area (Å²) in [6.45, 7) is 6.44. The third-order valence-corrected chi connectivity index (χ3v) is 2.84. The molecule has 1 aliphatic carbocycles. The highest BCUT2D eigenvalue weighted by molar-refractivity contribution is 5.94. The van der Waals surface area contributed by atoms with Crippen molar-refractivity contribution in [1.82, 2.24) is 0 Å². The molecular formula is C13H16O2. The van der Waals surface area contributed by atoms with Crippen LogP contribution in [0.1, 0.15) is 20.8 Å². The Balaban J connectivity index is 2.31. The van der Waals surface area contributed by atoms with Crippen LogP contribution in [0.5, 0.6) is 0 Å². The molecule has 2 rings (SSSR count). The lowest BCUT2D eigenvalue weighted by Gasteiger charge is -2.30. The lowest BCUT2D eigenvalue weighted by molar-refractivity contribution is -0.120. The van der Waals surface area contributed by atoms with E-state index in [1.807, 2.05) is 12.2 Å². The molecule has 1 heterocycles. The van der Waals surface area contributed by atoms with Gasteiger partial charge in [-0.3, -0.25) is 4.79 Å². The van der Waals surface area contributed by atoms with Gasteiger partial charge < -0.3 is 4.74 Å². The summed E-state index contributed by atoms with van der Waals surface area (Å²) in [5, 5.41) is 0. The molecule has 0 fully saturated rings. The Morgan fingerprint density at radius 1 is 1.27 bits per heavy atom. The van der Waals surface area contributed by atoms with Crippen LogP contribution in [-0.4, -0.2) is 11.9 Å². The van der Waals surface area contributed by atoms with Gasteiger partial charge in [-0.15, -0.1) is 0 Å². The van der Waals surface area contributed by atoms with E-state index in [0.717, 1.165) is 0 Å². The molecule has 0 radical (unpaired) electrons. The fourth-order valence-corrected chi connectivity index (χ4v) is 1.84. The predicted molar refractivity (Wildman–Crippen MR) is 59.2 cm³/mol. The first kappa shape index (κ1) is 10.2. The maximum atomic E-state index is 11.7. The van der Waals surface area contributed by atoms with Gasteiger partial charge in [-0.2, -0.15) is 0 Å². The minimum Gasteiger partial charge on any atom is -0.493 e. The van der Waals surface area contributed by atoms with E-state index in [-0.39, 0.29) is 23.2 Å². The lowest BCUT2D eigenvalue weighted by Crippen LogP contribution is -2.31. The summed E-state index contributed by atoms with van der Waals surface area (Å²) in [6.07, 6.45) is 8.98. The van der Waals surface area contributed by atoms with E-state index in [1.165, 1.54) is 17.9 Å². The van der Waals surface area contributed by atoms with Gasteiger partial charge in [-0.25, -0.2) is 0 Å². The number of carbonyl (C=O) groups is 1. The van der Waals surface area contributed by atoms with Crippen LogP contribution in [-0.2, 0) is 9.53 Å². The van der Waals surface area contributed by atoms with E-state index in [4.69, 9.17) is 4.74 Å². The highest BCUT2D eigenvalue weighted by Gasteiger charge is 2.31. The number of allylic oxidation sites excluding steroid dienone is 3. The zero-order valence-corrected chi connectivity index (χ0v) is 9.36. The average Bonchev–Trinajstić information content (AvgIpc) is 2.16. The quantitative estimate of drug-likeness (QED) is 0.606. The summed E-state index contributed by atoms with van der Waals surface area (Å²) in [5.41, 5.74) is 1.29. The van der Waals surface area contributed by atoms with Crippen molar-refractivity contribution in [2.45, 2.75) is 26.9 Å². The summed E-state index contributed by atoms with van der Waals surface area (Å²) in [5.74, 6) is 0.00609. The molecule has 80 valence electrons. The predicted octanol–water partition coefficient (Wildman–Crippen LogP) is 2.63. The van der Waals surface area contributed by atoms with Crippen molar-refractivity contribution >= 4 is 5.78 Å². The monoisotopic (exact) mass is 204 g/mol. The van der Waals surface area contributed by atoms with Gasteiger partial charge in [0.1, 0.15) is 6.10 Å². The smallest absolute Gasteiger partial charge is 0.169 e. The molecule has 2 nitrogen and oxygen atoms in total. The number of hydrogen-bond donors (Lipinski definition) is 0. The van der Waals surface area contributed by atoms with Gasteiger partial charge >= 0.3 is 0 Å². The van der Waals surface area contributed by atoms with Crippen LogP contribution in [0.3, 0.4) is 0 Å². The number of carbonyl (C=O) groups excluding carboxylic acids is 1. The molecule has 2 unspecified atom stereocenters. The van der Waals surface area contributed by atoms with E-state index >= 15 is 0 Å². The fourth-order valence-electron chi connectivity index (χ4n) is 1.84. The van der Waals surface area contributed by atoms with Crippen molar-refractivity contribution in [2.75, 3.05) is 0 Å². The first-order chi connectivity index (χ1) is 6.98. The molecule has 0 amide bonds. The summed E-state index contributed by atoms with van der Waals surface area (Å²) in [4.78, 5) is 11.7. The van der Waals surface area contributed by atoms with Crippen LogP contribution in [0, 0.1) is 11.3 Å². The molecule has 2 atom stereocenters. The topological polar surface area (TPSA) is 26.3 Å². The van der Waals surface area contributed by atoms with Gasteiger partial charge in [0.2, 0.25) is 0 Å². The molecule has 0 bridgehead atoms. The molecule has 0 aromatic carbocycles. The van der Waals surface area contributed by atoms with Crippen LogP contribution >= 0.6 is 0 Å². The van der Waals surface area contributed by atoms with E-state index in [9.17, 15) is 4.79 Å². The van der Waals surface area contributed by atoms with Crippen molar-refractivity contribution in [3.05, 3.63) is 36.1 Å². The molecule has 0 saturated heterocycles. The van der Waals surface area contributed by atoms with Gasteiger partial charge in [-0.1, -0.05) is 32.9 Å². The van der Waals surface area contributed by atoms with Crippen LogP contribution in [0.15, 0.2) is 36.1 Å². The molecule has 1 aliphatic heterocycles. The molecule has 0 aromatic heterocycles. The fraction of sp³-hybridized carbons (Fsp3) is 0.462. The average molecular weight is 204 g/mol. The SMILES string of the molecule is CC(C)(C)C1=CC2C(=O)C=COC2C=C1. The Hall–Kier alpha value is -1.31. The third kappa shape index (κ3) is 1.89. The largest absolute Gasteiger partial charge is 0.493 e. The molecule has 2 aliphatic rings. The van der Waals surface area contributed by atoms with Crippen molar-refractivity contribution < 1.29 is 9.53 Å². The maximum absolute atomic E-state index is 11.7. The van der Waals surface area contributed by atoms with Crippen LogP contribution in [0.25, 0.3) is 0 Å². The standard InChI is InChI=1S/C13H16O2/c1-13(2,3)9-4-5-12-10(8-9)11(14)6-7-15-12/h4-8,10,12H,1-3H3. The zero-order valence-electron chi connectivity index (χ0n) is 9.36. The van der Waals surface area contributed by atoms with E-state index in [1.54, 1.807) is 0 Å². The van der Waals surface area contributed by atoms with Gasteiger partial charge in [0, 0.05) is 6.08 Å². The molecular weight excluding hydrogens is 188 g/mol. The van der Waals surface area contributed by atoms with Gasteiger partial charge in [0.05, 0.1) is 12.2 Å². The second-order valence-corrected chi connectivity index (χ2v) is 5.06. The summed E-state index contributed by atoms with van der Waals surface area (Å²) < 4.78 is 5.38. The Kier molecular flexibility index (Phi) is 2.29. The van der Waals surface area contributed by atoms with Crippen LogP contribution in [0.2, 0.25) is 0 Å². The van der Waals surface area contributed by atoms with Crippen LogP contribution in [0.4, 0.5) is 0 Å². The van der Waals surface area contributed by atoms with Crippen LogP contribution < -0.4 is 0 Å². The number of rotatable bonds is 0. The highest BCUT2D eigenvalue weighted by atomic mass is 16.5. The third-order valence-electron chi connectivity index (χ3n) is 2.84. The van der Waals surface area contributed by atoms with E-state index in [0.29, 0.717) is 0 Å². The molecule has 2 heteroatoms. The highest BCUT2D eigenvalue weighted by Crippen LogP contribution is 2.33. The Labute approximate surface area is 90.3 Å². The summed E-state index contributed by atoms with van der Waals surface area (Å²) in [7, 11) is 0. The number of ketones is 1. The first-order valence-corrected chi connectivity index (χ1v) is 5.25. The Morgan fingerprint density at radius 2 is 2.00 bits per heavy atom. The van der Waals surface area contributed by atoms with Gasteiger partial charge in [0.15, 0.2) is 5.78 Å². The first-order valence-electron chi connectivity index (χ1n) is 5.25. The zero-order chi connectivity index (χ0) is 11.1. The lowest BCUT2D eigenvalue weighted by atomic mass is 9.78. The van der Waals surface area contributed by atoms with Crippen molar-refractivity contribution in [3.8, 4) is 0 Å². The van der Waals surface area contributed by atoms with E-state index < -0.39 is 0 Å². The molecule has 0 N–H and O–H groups in total. The second kappa shape index (κ2) is 3.37. The van der Waals surface area contributed by atoms with E-state index in [2.05, 4.69) is 26.8 Å². The summed E-state index contributed by atoms with van der Waals surface area (Å²) >= 11 is 0. The molecule has 0 spiro atoms. The number of ether oxygens (including phenoxy) is 1. The Bertz CT molecular complexity index is 366. The molecule has 15 heavy (non-hydrogen) atoms. The molecule has 0 saturated carbocycles. The summed E-state index contributed by atoms with van der Waals surface area (Å²) in [6, 6.07) is 0. The van der Waals surface area contributed by atoms with Gasteiger partial charge in [-0.05, 0) is 17.1 Å². The van der Waals surface area contributed by atoms with Crippen molar-refractivity contribution in [3.63, 3.8) is 0 Å². The second-order valence-electron chi connectivity index (χ2n) is 5.06. The van der Waals surface area contributed by atoms with Gasteiger partial charge in [0.25, 0.3) is 0 Å². The van der Waals surface area contributed by atoms with Crippen molar-refractivity contribution in [1.29, 1.82) is 0 Å². The normalized spacial score (nSPS) is 29.5. The minimum atomic E-state index is -0.130. The molecule has 0 aromatic rings.